The third-order valence-corrected chi connectivity index (χ3v) is 2.54. The number of nitrogen functional groups attached to an aromatic ring is 1. The van der Waals surface area contributed by atoms with Crippen molar-refractivity contribution in [2.75, 3.05) is 36.9 Å². The number of aldehydes is 1. The van der Waals surface area contributed by atoms with Crippen molar-refractivity contribution in [1.82, 2.24) is 0 Å². The van der Waals surface area contributed by atoms with Crippen LogP contribution in [-0.4, -0.2) is 32.6 Å². The molecule has 0 bridgehead atoms. The molecule has 1 aliphatic heterocycles. The van der Waals surface area contributed by atoms with E-state index in [0.29, 0.717) is 11.3 Å². The van der Waals surface area contributed by atoms with Gasteiger partial charge in [-0.05, 0) is 18.2 Å². The van der Waals surface area contributed by atoms with E-state index in [-0.39, 0.29) is 0 Å². The molecule has 2 N–H and O–H groups in total. The molecule has 0 saturated carbocycles. The zero-order valence-electron chi connectivity index (χ0n) is 8.48. The van der Waals surface area contributed by atoms with Gasteiger partial charge in [0.05, 0.1) is 24.6 Å². The van der Waals surface area contributed by atoms with Crippen molar-refractivity contribution in [3.8, 4) is 0 Å². The van der Waals surface area contributed by atoms with Crippen LogP contribution >= 0.6 is 0 Å². The molecule has 0 aromatic heterocycles. The Kier molecular flexibility index (Phi) is 2.87. The molecular weight excluding hydrogens is 192 g/mol. The average molecular weight is 206 g/mol. The normalized spacial score (nSPS) is 16.4. The minimum Gasteiger partial charge on any atom is -0.397 e. The summed E-state index contributed by atoms with van der Waals surface area (Å²) < 4.78 is 5.27. The zero-order chi connectivity index (χ0) is 10.7. The molecule has 80 valence electrons. The second-order valence-electron chi connectivity index (χ2n) is 3.54. The van der Waals surface area contributed by atoms with E-state index in [1.165, 1.54) is 0 Å². The van der Waals surface area contributed by atoms with Crippen molar-refractivity contribution in [3.05, 3.63) is 23.8 Å². The van der Waals surface area contributed by atoms with Crippen LogP contribution in [0.1, 0.15) is 10.4 Å². The van der Waals surface area contributed by atoms with Crippen LogP contribution in [0.15, 0.2) is 18.2 Å². The lowest BCUT2D eigenvalue weighted by atomic mass is 10.1. The number of nitrogens with two attached hydrogens (primary N) is 1. The Labute approximate surface area is 88.6 Å². The highest BCUT2D eigenvalue weighted by molar-refractivity contribution is 5.81. The number of morpholine rings is 1. The van der Waals surface area contributed by atoms with E-state index in [1.807, 2.05) is 6.07 Å². The molecule has 1 aromatic rings. The van der Waals surface area contributed by atoms with Crippen LogP contribution in [0, 0.1) is 0 Å². The molecule has 0 spiro atoms. The minimum absolute atomic E-state index is 0.615. The van der Waals surface area contributed by atoms with Crippen molar-refractivity contribution >= 4 is 17.7 Å². The Morgan fingerprint density at radius 3 is 2.67 bits per heavy atom. The van der Waals surface area contributed by atoms with Crippen molar-refractivity contribution in [2.45, 2.75) is 0 Å². The number of anilines is 2. The number of hydrogen-bond acceptors (Lipinski definition) is 4. The van der Waals surface area contributed by atoms with Gasteiger partial charge in [0.15, 0.2) is 0 Å². The topological polar surface area (TPSA) is 55.6 Å². The van der Waals surface area contributed by atoms with Crippen LogP contribution in [-0.2, 0) is 4.74 Å². The molecule has 4 heteroatoms. The molecule has 1 fully saturated rings. The van der Waals surface area contributed by atoms with Gasteiger partial charge in [-0.15, -0.1) is 0 Å². The van der Waals surface area contributed by atoms with Crippen molar-refractivity contribution in [2.24, 2.45) is 0 Å². The molecule has 1 heterocycles. The Balaban J connectivity index is 2.23. The Bertz CT molecular complexity index is 360. The lowest BCUT2D eigenvalue weighted by Gasteiger charge is -2.29. The quantitative estimate of drug-likeness (QED) is 0.577. The van der Waals surface area contributed by atoms with Gasteiger partial charge < -0.3 is 15.4 Å². The molecule has 0 unspecified atom stereocenters. The van der Waals surface area contributed by atoms with E-state index in [2.05, 4.69) is 4.90 Å². The Hall–Kier alpha value is -1.55. The Morgan fingerprint density at radius 2 is 2.07 bits per heavy atom. The molecule has 2 rings (SSSR count). The second kappa shape index (κ2) is 4.31. The summed E-state index contributed by atoms with van der Waals surface area (Å²) in [5.74, 6) is 0. The fourth-order valence-corrected chi connectivity index (χ4v) is 1.74. The first-order chi connectivity index (χ1) is 7.31. The van der Waals surface area contributed by atoms with Crippen molar-refractivity contribution in [1.29, 1.82) is 0 Å². The molecule has 0 atom stereocenters. The summed E-state index contributed by atoms with van der Waals surface area (Å²) in [6.07, 6.45) is 0.805. The van der Waals surface area contributed by atoms with Gasteiger partial charge in [-0.3, -0.25) is 4.79 Å². The lowest BCUT2D eigenvalue weighted by molar-refractivity contribution is 0.112. The molecule has 15 heavy (non-hydrogen) atoms. The van der Waals surface area contributed by atoms with Gasteiger partial charge >= 0.3 is 0 Å². The van der Waals surface area contributed by atoms with Gasteiger partial charge in [-0.25, -0.2) is 0 Å². The van der Waals surface area contributed by atoms with Crippen LogP contribution in [0.4, 0.5) is 11.4 Å². The van der Waals surface area contributed by atoms with Crippen LogP contribution in [0.5, 0.6) is 0 Å². The van der Waals surface area contributed by atoms with E-state index in [4.69, 9.17) is 10.5 Å². The van der Waals surface area contributed by atoms with Gasteiger partial charge in [0.2, 0.25) is 0 Å². The number of rotatable bonds is 2. The highest BCUT2D eigenvalue weighted by Gasteiger charge is 2.13. The molecular formula is C11H14N2O2. The second-order valence-corrected chi connectivity index (χ2v) is 3.54. The smallest absolute Gasteiger partial charge is 0.150 e. The van der Waals surface area contributed by atoms with E-state index in [1.54, 1.807) is 12.1 Å². The molecule has 0 aliphatic carbocycles. The maximum Gasteiger partial charge on any atom is 0.150 e. The van der Waals surface area contributed by atoms with Gasteiger partial charge in [0.25, 0.3) is 0 Å². The number of carbonyl (C=O) groups excluding carboxylic acids is 1. The monoisotopic (exact) mass is 206 g/mol. The first-order valence-electron chi connectivity index (χ1n) is 4.98. The zero-order valence-corrected chi connectivity index (χ0v) is 8.48. The fourth-order valence-electron chi connectivity index (χ4n) is 1.74. The average Bonchev–Trinajstić information content (AvgIpc) is 2.30. The van der Waals surface area contributed by atoms with Crippen molar-refractivity contribution in [3.63, 3.8) is 0 Å². The number of hydrogen-bond donors (Lipinski definition) is 1. The molecule has 1 saturated heterocycles. The summed E-state index contributed by atoms with van der Waals surface area (Å²) in [6, 6.07) is 5.39. The highest BCUT2D eigenvalue weighted by atomic mass is 16.5. The lowest BCUT2D eigenvalue weighted by Crippen LogP contribution is -2.36. The van der Waals surface area contributed by atoms with Crippen LogP contribution in [0.3, 0.4) is 0 Å². The maximum absolute atomic E-state index is 10.6. The molecule has 0 radical (unpaired) electrons. The number of ether oxygens (including phenoxy) is 1. The highest BCUT2D eigenvalue weighted by Crippen LogP contribution is 2.24. The van der Waals surface area contributed by atoms with E-state index in [9.17, 15) is 4.79 Å². The summed E-state index contributed by atoms with van der Waals surface area (Å²) in [5.41, 5.74) is 8.15. The minimum atomic E-state index is 0.615. The predicted octanol–water partition coefficient (Wildman–Crippen LogP) is 0.918. The number of benzene rings is 1. The standard InChI is InChI=1S/C11H14N2O2/c12-10-7-9(8-14)1-2-11(10)13-3-5-15-6-4-13/h1-2,7-8H,3-6,12H2. The number of nitrogens with zero attached hydrogens (tertiary/aromatic N) is 1. The number of carbonyl (C=O) groups is 1. The molecule has 4 nitrogen and oxygen atoms in total. The van der Waals surface area contributed by atoms with E-state index in [0.717, 1.165) is 38.3 Å². The summed E-state index contributed by atoms with van der Waals surface area (Å²) in [6.45, 7) is 3.17. The Morgan fingerprint density at radius 1 is 1.33 bits per heavy atom. The van der Waals surface area contributed by atoms with Crippen molar-refractivity contribution < 1.29 is 9.53 Å². The summed E-state index contributed by atoms with van der Waals surface area (Å²) in [7, 11) is 0. The molecule has 0 amide bonds. The summed E-state index contributed by atoms with van der Waals surface area (Å²) in [4.78, 5) is 12.7. The molecule has 1 aliphatic rings. The summed E-state index contributed by atoms with van der Waals surface area (Å²) in [5, 5.41) is 0. The van der Waals surface area contributed by atoms with Gasteiger partial charge in [-0.2, -0.15) is 0 Å². The van der Waals surface area contributed by atoms with Crippen LogP contribution in [0.2, 0.25) is 0 Å². The van der Waals surface area contributed by atoms with E-state index < -0.39 is 0 Å². The van der Waals surface area contributed by atoms with Gasteiger partial charge in [0.1, 0.15) is 6.29 Å². The molecule has 1 aromatic carbocycles. The summed E-state index contributed by atoms with van der Waals surface area (Å²) >= 11 is 0. The third-order valence-electron chi connectivity index (χ3n) is 2.54. The third kappa shape index (κ3) is 2.10. The predicted molar refractivity (Wildman–Crippen MR) is 59.3 cm³/mol. The largest absolute Gasteiger partial charge is 0.397 e. The maximum atomic E-state index is 10.6. The van der Waals surface area contributed by atoms with Gasteiger partial charge in [-0.1, -0.05) is 0 Å². The van der Waals surface area contributed by atoms with Crippen LogP contribution < -0.4 is 10.6 Å². The first-order valence-corrected chi connectivity index (χ1v) is 4.98. The fraction of sp³-hybridized carbons (Fsp3) is 0.364. The SMILES string of the molecule is Nc1cc(C=O)ccc1N1CCOCC1. The van der Waals surface area contributed by atoms with Gasteiger partial charge in [0, 0.05) is 18.7 Å². The first kappa shape index (κ1) is 9.98. The van der Waals surface area contributed by atoms with Crippen LogP contribution in [0.25, 0.3) is 0 Å². The van der Waals surface area contributed by atoms with E-state index >= 15 is 0 Å².